The average molecular weight is 232 g/mol. The van der Waals surface area contributed by atoms with E-state index in [9.17, 15) is 13.5 Å². The predicted octanol–water partition coefficient (Wildman–Crippen LogP) is 1.50. The van der Waals surface area contributed by atoms with Crippen LogP contribution in [0.2, 0.25) is 0 Å². The maximum Gasteiger partial charge on any atom is 0.164 e. The van der Waals surface area contributed by atoms with E-state index in [-0.39, 0.29) is 12.0 Å². The molecule has 1 N–H and O–H groups in total. The lowest BCUT2D eigenvalue weighted by Crippen LogP contribution is -2.45. The molecule has 2 saturated carbocycles. The zero-order valence-electron chi connectivity index (χ0n) is 9.71. The van der Waals surface area contributed by atoms with Crippen LogP contribution in [0.1, 0.15) is 46.5 Å². The molecule has 0 radical (unpaired) electrons. The van der Waals surface area contributed by atoms with Crippen molar-refractivity contribution in [1.29, 1.82) is 0 Å². The van der Waals surface area contributed by atoms with Crippen molar-refractivity contribution in [2.24, 2.45) is 5.41 Å². The van der Waals surface area contributed by atoms with Crippen LogP contribution < -0.4 is 0 Å². The highest BCUT2D eigenvalue weighted by Gasteiger charge is 2.70. The van der Waals surface area contributed by atoms with Crippen LogP contribution in [0.5, 0.6) is 0 Å². The molecule has 2 rings (SSSR count). The molecule has 0 aromatic rings. The Kier molecular flexibility index (Phi) is 2.11. The van der Waals surface area contributed by atoms with E-state index >= 15 is 0 Å². The van der Waals surface area contributed by atoms with E-state index in [0.717, 1.165) is 12.8 Å². The highest BCUT2D eigenvalue weighted by atomic mass is 32.2. The van der Waals surface area contributed by atoms with E-state index in [0.29, 0.717) is 12.8 Å². The van der Waals surface area contributed by atoms with Crippen molar-refractivity contribution >= 4 is 9.84 Å². The first kappa shape index (κ1) is 11.4. The van der Waals surface area contributed by atoms with Crippen molar-refractivity contribution in [2.75, 3.05) is 6.61 Å². The molecule has 0 aliphatic heterocycles. The second-order valence-corrected chi connectivity index (χ2v) is 8.74. The van der Waals surface area contributed by atoms with Gasteiger partial charge in [-0.1, -0.05) is 20.8 Å². The Labute approximate surface area is 91.8 Å². The summed E-state index contributed by atoms with van der Waals surface area (Å²) < 4.78 is 23.7. The Morgan fingerprint density at radius 2 is 1.60 bits per heavy atom. The lowest BCUT2D eigenvalue weighted by molar-refractivity contribution is 0.277. The number of rotatable bonds is 3. The molecule has 2 aliphatic rings. The first-order valence-corrected chi connectivity index (χ1v) is 7.06. The minimum atomic E-state index is -3.17. The van der Waals surface area contributed by atoms with Gasteiger partial charge in [0.05, 0.1) is 16.1 Å². The molecule has 0 saturated heterocycles. The van der Waals surface area contributed by atoms with E-state index in [1.807, 2.05) is 20.8 Å². The Balaban J connectivity index is 2.40. The van der Waals surface area contributed by atoms with Crippen molar-refractivity contribution in [2.45, 2.75) is 55.9 Å². The van der Waals surface area contributed by atoms with Crippen LogP contribution in [0, 0.1) is 5.41 Å². The van der Waals surface area contributed by atoms with Gasteiger partial charge in [0.15, 0.2) is 9.84 Å². The van der Waals surface area contributed by atoms with Crippen molar-refractivity contribution in [3.63, 3.8) is 0 Å². The van der Waals surface area contributed by atoms with Gasteiger partial charge < -0.3 is 5.11 Å². The summed E-state index contributed by atoms with van der Waals surface area (Å²) in [6.07, 6.45) is 2.81. The lowest BCUT2D eigenvalue weighted by atomic mass is 9.90. The molecule has 0 spiro atoms. The summed E-state index contributed by atoms with van der Waals surface area (Å²) in [6, 6.07) is 0. The molecule has 0 atom stereocenters. The van der Waals surface area contributed by atoms with E-state index in [1.165, 1.54) is 0 Å². The van der Waals surface area contributed by atoms with Crippen LogP contribution in [0.15, 0.2) is 0 Å². The fourth-order valence-electron chi connectivity index (χ4n) is 2.60. The van der Waals surface area contributed by atoms with Gasteiger partial charge in [0.2, 0.25) is 0 Å². The van der Waals surface area contributed by atoms with Gasteiger partial charge in [0, 0.05) is 0 Å². The van der Waals surface area contributed by atoms with Gasteiger partial charge in [-0.3, -0.25) is 0 Å². The molecule has 0 unspecified atom stereocenters. The van der Waals surface area contributed by atoms with E-state index in [4.69, 9.17) is 0 Å². The smallest absolute Gasteiger partial charge is 0.164 e. The molecular weight excluding hydrogens is 212 g/mol. The maximum absolute atomic E-state index is 12.5. The fraction of sp³-hybridized carbons (Fsp3) is 1.00. The van der Waals surface area contributed by atoms with Crippen molar-refractivity contribution in [3.05, 3.63) is 0 Å². The summed E-state index contributed by atoms with van der Waals surface area (Å²) in [7, 11) is -3.17. The summed E-state index contributed by atoms with van der Waals surface area (Å²) in [6.45, 7) is 5.77. The Bertz CT molecular complexity index is 367. The Morgan fingerprint density at radius 3 is 1.80 bits per heavy atom. The summed E-state index contributed by atoms with van der Waals surface area (Å²) >= 11 is 0. The molecule has 0 aromatic carbocycles. The number of aliphatic hydroxyl groups excluding tert-OH is 1. The third kappa shape index (κ3) is 1.24. The normalized spacial score (nSPS) is 27.5. The minimum Gasteiger partial charge on any atom is -0.395 e. The van der Waals surface area contributed by atoms with Gasteiger partial charge in [-0.25, -0.2) is 8.42 Å². The van der Waals surface area contributed by atoms with Crippen LogP contribution >= 0.6 is 0 Å². The summed E-state index contributed by atoms with van der Waals surface area (Å²) in [5.41, 5.74) is -0.212. The molecule has 2 fully saturated rings. The Morgan fingerprint density at radius 1 is 1.13 bits per heavy atom. The maximum atomic E-state index is 12.5. The van der Waals surface area contributed by atoms with Gasteiger partial charge in [0.1, 0.15) is 0 Å². The van der Waals surface area contributed by atoms with E-state index < -0.39 is 19.3 Å². The zero-order chi connectivity index (χ0) is 11.5. The molecule has 15 heavy (non-hydrogen) atoms. The summed E-state index contributed by atoms with van der Waals surface area (Å²) in [4.78, 5) is 0. The zero-order valence-corrected chi connectivity index (χ0v) is 10.5. The SMILES string of the molecule is CC(C)(C)C1(S(=O)(=O)C2(CO)CC2)CC1. The largest absolute Gasteiger partial charge is 0.395 e. The molecule has 2 aliphatic carbocycles. The first-order valence-electron chi connectivity index (χ1n) is 5.58. The molecule has 4 heteroatoms. The van der Waals surface area contributed by atoms with Gasteiger partial charge in [-0.05, 0) is 31.1 Å². The van der Waals surface area contributed by atoms with Gasteiger partial charge in [0.25, 0.3) is 0 Å². The highest BCUT2D eigenvalue weighted by molar-refractivity contribution is 7.94. The van der Waals surface area contributed by atoms with E-state index in [2.05, 4.69) is 0 Å². The van der Waals surface area contributed by atoms with Crippen molar-refractivity contribution in [1.82, 2.24) is 0 Å². The second-order valence-electron chi connectivity index (χ2n) is 6.09. The lowest BCUT2D eigenvalue weighted by Gasteiger charge is -2.33. The molecule has 3 nitrogen and oxygen atoms in total. The third-order valence-corrected chi connectivity index (χ3v) is 7.98. The predicted molar refractivity (Wildman–Crippen MR) is 59.4 cm³/mol. The summed E-state index contributed by atoms with van der Waals surface area (Å²) in [5.74, 6) is 0. The minimum absolute atomic E-state index is 0.201. The van der Waals surface area contributed by atoms with Crippen LogP contribution in [0.3, 0.4) is 0 Å². The molecule has 0 amide bonds. The number of aliphatic hydroxyl groups is 1. The second kappa shape index (κ2) is 2.77. The number of sulfone groups is 1. The highest BCUT2D eigenvalue weighted by Crippen LogP contribution is 2.62. The molecule has 88 valence electrons. The molecule has 0 heterocycles. The quantitative estimate of drug-likeness (QED) is 0.802. The fourth-order valence-corrected chi connectivity index (χ4v) is 5.69. The first-order chi connectivity index (χ1) is 6.72. The van der Waals surface area contributed by atoms with E-state index in [1.54, 1.807) is 0 Å². The summed E-state index contributed by atoms with van der Waals surface area (Å²) in [5, 5.41) is 9.27. The van der Waals surface area contributed by atoms with Crippen molar-refractivity contribution in [3.8, 4) is 0 Å². The molecule has 0 bridgehead atoms. The monoisotopic (exact) mass is 232 g/mol. The standard InChI is InChI=1S/C11H20O3S/c1-9(2,3)11(6-7-11)15(13,14)10(8-12)4-5-10/h12H,4-8H2,1-3H3. The molecule has 0 aromatic heterocycles. The van der Waals surface area contributed by atoms with Crippen LogP contribution in [-0.4, -0.2) is 29.6 Å². The van der Waals surface area contributed by atoms with Crippen LogP contribution in [0.25, 0.3) is 0 Å². The Hall–Kier alpha value is -0.0900. The molecular formula is C11H20O3S. The number of hydrogen-bond acceptors (Lipinski definition) is 3. The van der Waals surface area contributed by atoms with Gasteiger partial charge >= 0.3 is 0 Å². The number of hydrogen-bond donors (Lipinski definition) is 1. The van der Waals surface area contributed by atoms with Crippen LogP contribution in [-0.2, 0) is 9.84 Å². The van der Waals surface area contributed by atoms with Crippen LogP contribution in [0.4, 0.5) is 0 Å². The van der Waals surface area contributed by atoms with Gasteiger partial charge in [-0.15, -0.1) is 0 Å². The average Bonchev–Trinajstić information content (AvgIpc) is 2.98. The van der Waals surface area contributed by atoms with Crippen molar-refractivity contribution < 1.29 is 13.5 Å². The van der Waals surface area contributed by atoms with Gasteiger partial charge in [-0.2, -0.15) is 0 Å². The topological polar surface area (TPSA) is 54.4 Å². The third-order valence-electron chi connectivity index (χ3n) is 4.25.